The fourth-order valence-corrected chi connectivity index (χ4v) is 4.61. The van der Waals surface area contributed by atoms with Crippen molar-refractivity contribution in [2.24, 2.45) is 5.73 Å². The lowest BCUT2D eigenvalue weighted by Crippen LogP contribution is -2.53. The van der Waals surface area contributed by atoms with E-state index in [-0.39, 0.29) is 24.9 Å². The summed E-state index contributed by atoms with van der Waals surface area (Å²) in [7, 11) is 0. The van der Waals surface area contributed by atoms with Crippen LogP contribution in [0, 0.1) is 11.6 Å². The lowest BCUT2D eigenvalue weighted by Gasteiger charge is -2.42. The lowest BCUT2D eigenvalue weighted by atomic mass is 9.98. The van der Waals surface area contributed by atoms with Gasteiger partial charge in [-0.05, 0) is 51.0 Å². The summed E-state index contributed by atoms with van der Waals surface area (Å²) in [5.41, 5.74) is 7.02. The number of aromatic nitrogens is 2. The number of imidazole rings is 1. The third kappa shape index (κ3) is 5.87. The molecule has 3 N–H and O–H groups in total. The molecular formula is C26H32F5N5O. The number of hydrogen-bond acceptors (Lipinski definition) is 4. The third-order valence-electron chi connectivity index (χ3n) is 6.39. The molecular weight excluding hydrogens is 493 g/mol. The molecule has 0 fully saturated rings. The van der Waals surface area contributed by atoms with Gasteiger partial charge in [-0.1, -0.05) is 19.9 Å². The van der Waals surface area contributed by atoms with Crippen LogP contribution in [0.1, 0.15) is 52.1 Å². The van der Waals surface area contributed by atoms with E-state index in [1.165, 1.54) is 12.1 Å². The first-order valence-electron chi connectivity index (χ1n) is 11.9. The highest BCUT2D eigenvalue weighted by atomic mass is 19.4. The molecule has 0 saturated heterocycles. The number of nitrogens with one attached hydrogen (secondary N) is 1. The third-order valence-corrected chi connectivity index (χ3v) is 6.39. The van der Waals surface area contributed by atoms with Gasteiger partial charge in [0.2, 0.25) is 5.91 Å². The molecule has 0 bridgehead atoms. The zero-order valence-corrected chi connectivity index (χ0v) is 21.5. The van der Waals surface area contributed by atoms with Crippen molar-refractivity contribution in [1.29, 1.82) is 0 Å². The van der Waals surface area contributed by atoms with Gasteiger partial charge in [-0.25, -0.2) is 13.8 Å². The van der Waals surface area contributed by atoms with Crippen molar-refractivity contribution in [1.82, 2.24) is 19.8 Å². The van der Waals surface area contributed by atoms with Gasteiger partial charge < -0.3 is 20.5 Å². The number of amides is 1. The highest BCUT2D eigenvalue weighted by Crippen LogP contribution is 2.38. The summed E-state index contributed by atoms with van der Waals surface area (Å²) in [6.45, 7) is 10.9. The van der Waals surface area contributed by atoms with Gasteiger partial charge in [0.25, 0.3) is 0 Å². The van der Waals surface area contributed by atoms with Gasteiger partial charge in [0.1, 0.15) is 5.82 Å². The maximum atomic E-state index is 13.8. The Morgan fingerprint density at radius 3 is 2.38 bits per heavy atom. The summed E-state index contributed by atoms with van der Waals surface area (Å²) in [6.07, 6.45) is -1.97. The molecule has 1 aromatic carbocycles. The molecule has 202 valence electrons. The maximum Gasteiger partial charge on any atom is 0.416 e. The number of allylic oxidation sites excluding steroid dienone is 3. The number of nitrogens with two attached hydrogens (primary N) is 1. The van der Waals surface area contributed by atoms with Crippen LogP contribution in [-0.4, -0.2) is 46.2 Å². The van der Waals surface area contributed by atoms with E-state index in [1.807, 2.05) is 27.7 Å². The molecule has 0 unspecified atom stereocenters. The van der Waals surface area contributed by atoms with Crippen molar-refractivity contribution in [3.63, 3.8) is 0 Å². The van der Waals surface area contributed by atoms with Crippen LogP contribution >= 0.6 is 0 Å². The molecule has 0 radical (unpaired) electrons. The second kappa shape index (κ2) is 10.6. The summed E-state index contributed by atoms with van der Waals surface area (Å²) in [5, 5.41) is 2.77. The van der Waals surface area contributed by atoms with Crippen molar-refractivity contribution in [3.05, 3.63) is 64.8 Å². The summed E-state index contributed by atoms with van der Waals surface area (Å²) < 4.78 is 65.1. The van der Waals surface area contributed by atoms with Gasteiger partial charge >= 0.3 is 6.18 Å². The largest absolute Gasteiger partial charge is 0.416 e. The highest BCUT2D eigenvalue weighted by Gasteiger charge is 2.41. The number of benzene rings is 1. The van der Waals surface area contributed by atoms with Crippen LogP contribution in [0.2, 0.25) is 0 Å². The van der Waals surface area contributed by atoms with Crippen molar-refractivity contribution in [3.8, 4) is 11.3 Å². The zero-order chi connectivity index (χ0) is 27.7. The first-order valence-corrected chi connectivity index (χ1v) is 11.9. The number of rotatable bonds is 3. The molecule has 4 rings (SSSR count). The quantitative estimate of drug-likeness (QED) is 0.555. The van der Waals surface area contributed by atoms with Gasteiger partial charge in [-0.15, -0.1) is 0 Å². The Balaban J connectivity index is 0.000000289. The fourth-order valence-electron chi connectivity index (χ4n) is 4.61. The number of nitrogens with zero attached hydrogens (tertiary/aromatic N) is 3. The average molecular weight is 526 g/mol. The first kappa shape index (κ1) is 28.4. The van der Waals surface area contributed by atoms with E-state index < -0.39 is 28.9 Å². The predicted octanol–water partition coefficient (Wildman–Crippen LogP) is 4.97. The molecule has 0 saturated carbocycles. The minimum absolute atomic E-state index is 0.0583. The van der Waals surface area contributed by atoms with Crippen LogP contribution in [0.25, 0.3) is 11.3 Å². The van der Waals surface area contributed by atoms with E-state index in [0.29, 0.717) is 30.0 Å². The van der Waals surface area contributed by atoms with Gasteiger partial charge in [-0.3, -0.25) is 4.79 Å². The van der Waals surface area contributed by atoms with E-state index in [9.17, 15) is 26.7 Å². The number of hydrogen-bond donors (Lipinski definition) is 2. The van der Waals surface area contributed by atoms with Crippen LogP contribution in [0.3, 0.4) is 0 Å². The molecule has 37 heavy (non-hydrogen) atoms. The molecule has 3 heterocycles. The fraction of sp³-hybridized carbons (Fsp3) is 0.462. The molecule has 11 heteroatoms. The van der Waals surface area contributed by atoms with E-state index in [1.54, 1.807) is 11.8 Å². The Labute approximate surface area is 213 Å². The van der Waals surface area contributed by atoms with Gasteiger partial charge in [0, 0.05) is 36.6 Å². The van der Waals surface area contributed by atoms with Gasteiger partial charge in [0.15, 0.2) is 11.6 Å². The van der Waals surface area contributed by atoms with Crippen LogP contribution in [-0.2, 0) is 16.9 Å². The second-order valence-corrected chi connectivity index (χ2v) is 9.78. The number of fused-ring (bicyclic) bond motifs is 1. The van der Waals surface area contributed by atoms with Crippen LogP contribution in [0.15, 0.2) is 41.6 Å². The zero-order valence-electron chi connectivity index (χ0n) is 21.5. The van der Waals surface area contributed by atoms with E-state index in [2.05, 4.69) is 9.88 Å². The second-order valence-electron chi connectivity index (χ2n) is 9.78. The Hall–Kier alpha value is -3.21. The molecule has 1 amide bonds. The summed E-state index contributed by atoms with van der Waals surface area (Å²) in [6, 6.07) is 3.82. The molecule has 0 aliphatic carbocycles. The number of dihydropyridines is 1. The normalized spacial score (nSPS) is 16.8. The van der Waals surface area contributed by atoms with E-state index in [0.717, 1.165) is 29.7 Å². The molecule has 2 aliphatic heterocycles. The number of carbonyl (C=O) groups is 1. The first-order chi connectivity index (χ1) is 17.2. The Kier molecular flexibility index (Phi) is 8.16. The lowest BCUT2D eigenvalue weighted by molar-refractivity contribution is -0.137. The van der Waals surface area contributed by atoms with Gasteiger partial charge in [-0.2, -0.15) is 13.2 Å². The van der Waals surface area contributed by atoms with Crippen molar-refractivity contribution < 1.29 is 26.7 Å². The molecule has 2 aliphatic rings. The van der Waals surface area contributed by atoms with Crippen molar-refractivity contribution in [2.45, 2.75) is 58.8 Å². The smallest absolute Gasteiger partial charge is 0.385 e. The van der Waals surface area contributed by atoms with Crippen LogP contribution in [0.5, 0.6) is 0 Å². The highest BCUT2D eigenvalue weighted by molar-refractivity contribution is 5.79. The summed E-state index contributed by atoms with van der Waals surface area (Å²) in [5.74, 6) is -1.06. The van der Waals surface area contributed by atoms with Crippen LogP contribution in [0.4, 0.5) is 22.0 Å². The maximum absolute atomic E-state index is 13.8. The monoisotopic (exact) mass is 525 g/mol. The summed E-state index contributed by atoms with van der Waals surface area (Å²) in [4.78, 5) is 18.7. The number of halogens is 5. The minimum atomic E-state index is -4.20. The molecule has 0 atom stereocenters. The predicted molar refractivity (Wildman–Crippen MR) is 131 cm³/mol. The number of alkyl halides is 3. The number of carbonyl (C=O) groups excluding carboxylic acids is 1. The standard InChI is InChI=1S/C19H24F2N4O.C7H8F3N/c1-11(2)17-16(12-5-6-13(20)14(21)9-12)23-18-19(3,4)25(15(26)10-22)8-7-24(17)18;1-5-4-6(2-3-11-5)7(8,9)10/h5-6,9,11H,7-8,10,22H2,1-4H3;2,4,11H,3H2,1H3. The topological polar surface area (TPSA) is 76.2 Å². The van der Waals surface area contributed by atoms with Gasteiger partial charge in [0.05, 0.1) is 23.4 Å². The Bertz CT molecular complexity index is 1230. The average Bonchev–Trinajstić information content (AvgIpc) is 3.22. The molecule has 2 aromatic rings. The molecule has 0 spiro atoms. The van der Waals surface area contributed by atoms with Crippen molar-refractivity contribution >= 4 is 5.91 Å². The van der Waals surface area contributed by atoms with Crippen LogP contribution < -0.4 is 11.1 Å². The van der Waals surface area contributed by atoms with Crippen molar-refractivity contribution in [2.75, 3.05) is 19.6 Å². The molecule has 6 nitrogen and oxygen atoms in total. The SMILES string of the molecule is CC(C)c1c(-c2ccc(F)c(F)c2)nc2n1CCN(C(=O)CN)C2(C)C.CC1=CC(C(F)(F)F)=CCN1. The van der Waals surface area contributed by atoms with E-state index in [4.69, 9.17) is 10.7 Å². The van der Waals surface area contributed by atoms with E-state index >= 15 is 0 Å². The summed E-state index contributed by atoms with van der Waals surface area (Å²) >= 11 is 0. The minimum Gasteiger partial charge on any atom is -0.385 e. The Morgan fingerprint density at radius 1 is 1.19 bits per heavy atom. The Morgan fingerprint density at radius 2 is 1.86 bits per heavy atom. The molecule has 1 aromatic heterocycles.